The second kappa shape index (κ2) is 12.6. The minimum Gasteiger partial charge on any atom is -0.484 e. The van der Waals surface area contributed by atoms with Gasteiger partial charge in [-0.15, -0.1) is 0 Å². The number of carbonyl (C=O) groups is 4. The highest BCUT2D eigenvalue weighted by molar-refractivity contribution is 5.87. The number of hydrogen-bond donors (Lipinski definition) is 0. The van der Waals surface area contributed by atoms with Gasteiger partial charge in [0.1, 0.15) is 34.8 Å². The van der Waals surface area contributed by atoms with Crippen LogP contribution in [0.3, 0.4) is 0 Å². The Balaban J connectivity index is 1.60. The standard InChI is InChI=1S/C29H39N3O8/c1-28(2,3)39-26(35)22-9-7-11-31(22)24(33)17-37-20-13-19(16-30)14-21(15-20)38-18-25(34)32-12-8-10-23(32)27(36)40-29(4,5)6/h13-15,22-23H,7-12,17-18H2,1-6H3. The molecule has 1 aromatic carbocycles. The van der Waals surface area contributed by atoms with E-state index in [1.165, 1.54) is 28.0 Å². The molecule has 2 aliphatic rings. The van der Waals surface area contributed by atoms with Crippen molar-refractivity contribution in [2.24, 2.45) is 0 Å². The van der Waals surface area contributed by atoms with Crippen LogP contribution < -0.4 is 9.47 Å². The topological polar surface area (TPSA) is 135 Å². The van der Waals surface area contributed by atoms with Gasteiger partial charge in [-0.2, -0.15) is 5.26 Å². The van der Waals surface area contributed by atoms with Crippen molar-refractivity contribution < 1.29 is 38.1 Å². The third-order valence-electron chi connectivity index (χ3n) is 6.24. The summed E-state index contributed by atoms with van der Waals surface area (Å²) in [6, 6.07) is 5.06. The Labute approximate surface area is 235 Å². The maximum Gasteiger partial charge on any atom is 0.329 e. The zero-order valence-electron chi connectivity index (χ0n) is 24.2. The van der Waals surface area contributed by atoms with Gasteiger partial charge in [-0.1, -0.05) is 0 Å². The smallest absolute Gasteiger partial charge is 0.329 e. The first kappa shape index (κ1) is 30.7. The lowest BCUT2D eigenvalue weighted by atomic mass is 10.1. The molecule has 2 saturated heterocycles. The first-order chi connectivity index (χ1) is 18.7. The Morgan fingerprint density at radius 2 is 1.18 bits per heavy atom. The van der Waals surface area contributed by atoms with E-state index in [-0.39, 0.29) is 42.1 Å². The SMILES string of the molecule is CC(C)(C)OC(=O)C1CCCN1C(=O)COc1cc(C#N)cc(OCC(=O)N2CCCC2C(=O)OC(C)(C)C)c1. The molecule has 0 radical (unpaired) electrons. The quantitative estimate of drug-likeness (QED) is 0.442. The molecule has 2 fully saturated rings. The van der Waals surface area contributed by atoms with Gasteiger partial charge in [-0.05, 0) is 79.4 Å². The van der Waals surface area contributed by atoms with E-state index >= 15 is 0 Å². The van der Waals surface area contributed by atoms with E-state index in [0.717, 1.165) is 0 Å². The van der Waals surface area contributed by atoms with Gasteiger partial charge in [0.05, 0.1) is 11.6 Å². The van der Waals surface area contributed by atoms with Crippen molar-refractivity contribution in [1.29, 1.82) is 5.26 Å². The lowest BCUT2D eigenvalue weighted by Gasteiger charge is -2.27. The summed E-state index contributed by atoms with van der Waals surface area (Å²) in [5, 5.41) is 9.45. The summed E-state index contributed by atoms with van der Waals surface area (Å²) in [5.74, 6) is -1.24. The Morgan fingerprint density at radius 3 is 1.52 bits per heavy atom. The van der Waals surface area contributed by atoms with E-state index in [1.54, 1.807) is 41.5 Å². The van der Waals surface area contributed by atoms with E-state index in [9.17, 15) is 24.4 Å². The van der Waals surface area contributed by atoms with Crippen molar-refractivity contribution >= 4 is 23.8 Å². The number of carbonyl (C=O) groups excluding carboxylic acids is 4. The van der Waals surface area contributed by atoms with Crippen molar-refractivity contribution in [3.05, 3.63) is 23.8 Å². The normalized spacial score (nSPS) is 19.1. The molecule has 2 amide bonds. The minimum absolute atomic E-state index is 0.204. The molecule has 2 atom stereocenters. The van der Waals surface area contributed by atoms with Crippen LogP contribution in [0.15, 0.2) is 18.2 Å². The summed E-state index contributed by atoms with van der Waals surface area (Å²) >= 11 is 0. The molecule has 1 aromatic rings. The van der Waals surface area contributed by atoms with Gasteiger partial charge in [0, 0.05) is 19.2 Å². The van der Waals surface area contributed by atoms with Crippen LogP contribution in [-0.2, 0) is 28.7 Å². The maximum atomic E-state index is 12.9. The monoisotopic (exact) mass is 557 g/mol. The van der Waals surface area contributed by atoms with Crippen molar-refractivity contribution in [2.75, 3.05) is 26.3 Å². The number of nitrogens with zero attached hydrogens (tertiary/aromatic N) is 3. The van der Waals surface area contributed by atoms with E-state index in [1.807, 2.05) is 6.07 Å². The van der Waals surface area contributed by atoms with Gasteiger partial charge in [-0.25, -0.2) is 9.59 Å². The van der Waals surface area contributed by atoms with E-state index in [4.69, 9.17) is 18.9 Å². The predicted octanol–water partition coefficient (Wildman–Crippen LogP) is 2.98. The number of rotatable bonds is 8. The molecule has 3 rings (SSSR count). The van der Waals surface area contributed by atoms with Gasteiger partial charge in [-0.3, -0.25) is 9.59 Å². The number of hydrogen-bond acceptors (Lipinski definition) is 9. The average molecular weight is 558 g/mol. The van der Waals surface area contributed by atoms with Gasteiger partial charge in [0.25, 0.3) is 11.8 Å². The Morgan fingerprint density at radius 1 is 0.775 bits per heavy atom. The van der Waals surface area contributed by atoms with Crippen LogP contribution in [-0.4, -0.2) is 83.1 Å². The number of likely N-dealkylation sites (tertiary alicyclic amines) is 2. The van der Waals surface area contributed by atoms with Crippen LogP contribution in [0.25, 0.3) is 0 Å². The summed E-state index contributed by atoms with van der Waals surface area (Å²) in [7, 11) is 0. The molecule has 11 nitrogen and oxygen atoms in total. The molecule has 0 aromatic heterocycles. The molecule has 0 saturated carbocycles. The van der Waals surface area contributed by atoms with E-state index < -0.39 is 35.2 Å². The van der Waals surface area contributed by atoms with Gasteiger partial charge in [0.15, 0.2) is 13.2 Å². The highest BCUT2D eigenvalue weighted by atomic mass is 16.6. The summed E-state index contributed by atoms with van der Waals surface area (Å²) < 4.78 is 22.2. The lowest BCUT2D eigenvalue weighted by Crippen LogP contribution is -2.45. The first-order valence-corrected chi connectivity index (χ1v) is 13.5. The van der Waals surface area contributed by atoms with Crippen molar-refractivity contribution in [3.8, 4) is 17.6 Å². The highest BCUT2D eigenvalue weighted by Gasteiger charge is 2.38. The van der Waals surface area contributed by atoms with Crippen LogP contribution in [0.5, 0.6) is 11.5 Å². The largest absolute Gasteiger partial charge is 0.484 e. The summed E-state index contributed by atoms with van der Waals surface area (Å²) in [4.78, 5) is 53.8. The van der Waals surface area contributed by atoms with Crippen LogP contribution in [0.2, 0.25) is 0 Å². The molecule has 2 unspecified atom stereocenters. The molecule has 2 heterocycles. The number of ether oxygens (including phenoxy) is 4. The molecule has 11 heteroatoms. The molecule has 218 valence electrons. The van der Waals surface area contributed by atoms with Crippen LogP contribution >= 0.6 is 0 Å². The fraction of sp³-hybridized carbons (Fsp3) is 0.621. The van der Waals surface area contributed by atoms with Crippen molar-refractivity contribution in [2.45, 2.75) is 90.5 Å². The molecule has 0 spiro atoms. The summed E-state index contributed by atoms with van der Waals surface area (Å²) in [6.07, 6.45) is 2.39. The summed E-state index contributed by atoms with van der Waals surface area (Å²) in [5.41, 5.74) is -1.11. The van der Waals surface area contributed by atoms with E-state index in [0.29, 0.717) is 38.8 Å². The fourth-order valence-corrected chi connectivity index (χ4v) is 4.62. The maximum absolute atomic E-state index is 12.9. The van der Waals surface area contributed by atoms with Gasteiger partial charge < -0.3 is 28.7 Å². The summed E-state index contributed by atoms with van der Waals surface area (Å²) in [6.45, 7) is 10.8. The molecule has 0 bridgehead atoms. The lowest BCUT2D eigenvalue weighted by molar-refractivity contribution is -0.164. The number of benzene rings is 1. The molecular formula is C29H39N3O8. The molecule has 2 aliphatic heterocycles. The first-order valence-electron chi connectivity index (χ1n) is 13.5. The van der Waals surface area contributed by atoms with Crippen molar-refractivity contribution in [1.82, 2.24) is 9.80 Å². The highest BCUT2D eigenvalue weighted by Crippen LogP contribution is 2.26. The average Bonchev–Trinajstić information content (AvgIpc) is 3.54. The Bertz CT molecular complexity index is 1080. The zero-order valence-corrected chi connectivity index (χ0v) is 24.2. The Hall–Kier alpha value is -3.81. The second-order valence-corrected chi connectivity index (χ2v) is 11.9. The Kier molecular flexibility index (Phi) is 9.66. The molecule has 0 aliphatic carbocycles. The molecule has 40 heavy (non-hydrogen) atoms. The number of esters is 2. The third-order valence-corrected chi connectivity index (χ3v) is 6.24. The predicted molar refractivity (Wildman–Crippen MR) is 143 cm³/mol. The van der Waals surface area contributed by atoms with Crippen molar-refractivity contribution in [3.63, 3.8) is 0 Å². The zero-order chi connectivity index (χ0) is 29.7. The second-order valence-electron chi connectivity index (χ2n) is 11.9. The van der Waals surface area contributed by atoms with Crippen LogP contribution in [0.4, 0.5) is 0 Å². The number of amides is 2. The molecular weight excluding hydrogens is 518 g/mol. The van der Waals surface area contributed by atoms with Gasteiger partial charge in [0.2, 0.25) is 0 Å². The van der Waals surface area contributed by atoms with Gasteiger partial charge >= 0.3 is 11.9 Å². The van der Waals surface area contributed by atoms with Crippen LogP contribution in [0.1, 0.15) is 72.8 Å². The molecule has 0 N–H and O–H groups in total. The number of nitriles is 1. The fourth-order valence-electron chi connectivity index (χ4n) is 4.62. The van der Waals surface area contributed by atoms with Crippen LogP contribution in [0, 0.1) is 11.3 Å². The van der Waals surface area contributed by atoms with E-state index in [2.05, 4.69) is 0 Å². The minimum atomic E-state index is -0.666. The third kappa shape index (κ3) is 8.60.